The lowest BCUT2D eigenvalue weighted by molar-refractivity contribution is 0.340. The molecule has 0 fully saturated rings. The standard InChI is InChI=1S/C18H23NO2/c1-3-21-17-9-6-7-14(12-17)11-16(19)13-15-8-4-5-10-18(15)20-2/h4-10,12,16H,3,11,13,19H2,1-2H3. The van der Waals surface area contributed by atoms with Crippen LogP contribution in [0.15, 0.2) is 48.5 Å². The highest BCUT2D eigenvalue weighted by atomic mass is 16.5. The Hall–Kier alpha value is -2.00. The summed E-state index contributed by atoms with van der Waals surface area (Å²) in [5, 5.41) is 0. The summed E-state index contributed by atoms with van der Waals surface area (Å²) in [5.74, 6) is 1.80. The van der Waals surface area contributed by atoms with Gasteiger partial charge in [-0.2, -0.15) is 0 Å². The van der Waals surface area contributed by atoms with Crippen molar-refractivity contribution in [1.29, 1.82) is 0 Å². The van der Waals surface area contributed by atoms with Crippen LogP contribution in [0.5, 0.6) is 11.5 Å². The van der Waals surface area contributed by atoms with Crippen molar-refractivity contribution in [3.8, 4) is 11.5 Å². The molecule has 2 aromatic carbocycles. The smallest absolute Gasteiger partial charge is 0.122 e. The number of para-hydroxylation sites is 1. The molecule has 0 aliphatic heterocycles. The van der Waals surface area contributed by atoms with E-state index in [1.165, 1.54) is 5.56 Å². The fraction of sp³-hybridized carbons (Fsp3) is 0.333. The number of hydrogen-bond acceptors (Lipinski definition) is 3. The molecular weight excluding hydrogens is 262 g/mol. The maximum atomic E-state index is 6.29. The van der Waals surface area contributed by atoms with Crippen molar-refractivity contribution in [2.75, 3.05) is 13.7 Å². The molecule has 0 radical (unpaired) electrons. The molecule has 3 heteroatoms. The van der Waals surface area contributed by atoms with Crippen LogP contribution < -0.4 is 15.2 Å². The van der Waals surface area contributed by atoms with Gasteiger partial charge in [0, 0.05) is 6.04 Å². The highest BCUT2D eigenvalue weighted by Crippen LogP contribution is 2.20. The van der Waals surface area contributed by atoms with Gasteiger partial charge in [-0.25, -0.2) is 0 Å². The van der Waals surface area contributed by atoms with E-state index in [0.29, 0.717) is 6.61 Å². The Morgan fingerprint density at radius 2 is 1.86 bits per heavy atom. The van der Waals surface area contributed by atoms with Crippen molar-refractivity contribution in [3.05, 3.63) is 59.7 Å². The van der Waals surface area contributed by atoms with Crippen molar-refractivity contribution >= 4 is 0 Å². The van der Waals surface area contributed by atoms with Crippen LogP contribution in [-0.2, 0) is 12.8 Å². The van der Waals surface area contributed by atoms with Crippen LogP contribution in [0.4, 0.5) is 0 Å². The lowest BCUT2D eigenvalue weighted by Gasteiger charge is -2.15. The van der Waals surface area contributed by atoms with E-state index in [9.17, 15) is 0 Å². The van der Waals surface area contributed by atoms with Crippen LogP contribution >= 0.6 is 0 Å². The van der Waals surface area contributed by atoms with Gasteiger partial charge in [0.2, 0.25) is 0 Å². The van der Waals surface area contributed by atoms with Gasteiger partial charge in [-0.3, -0.25) is 0 Å². The molecule has 21 heavy (non-hydrogen) atoms. The Labute approximate surface area is 126 Å². The van der Waals surface area contributed by atoms with Gasteiger partial charge >= 0.3 is 0 Å². The van der Waals surface area contributed by atoms with Crippen LogP contribution in [-0.4, -0.2) is 19.8 Å². The van der Waals surface area contributed by atoms with Gasteiger partial charge in [0.25, 0.3) is 0 Å². The van der Waals surface area contributed by atoms with Crippen molar-refractivity contribution in [3.63, 3.8) is 0 Å². The molecule has 112 valence electrons. The predicted molar refractivity (Wildman–Crippen MR) is 86.0 cm³/mol. The van der Waals surface area contributed by atoms with E-state index >= 15 is 0 Å². The quantitative estimate of drug-likeness (QED) is 0.849. The summed E-state index contributed by atoms with van der Waals surface area (Å²) < 4.78 is 10.9. The summed E-state index contributed by atoms with van der Waals surface area (Å²) >= 11 is 0. The second-order valence-corrected chi connectivity index (χ2v) is 5.06. The fourth-order valence-corrected chi connectivity index (χ4v) is 2.46. The number of benzene rings is 2. The van der Waals surface area contributed by atoms with Gasteiger partial charge in [0.15, 0.2) is 0 Å². The summed E-state index contributed by atoms with van der Waals surface area (Å²) in [5.41, 5.74) is 8.63. The molecule has 0 spiro atoms. The number of hydrogen-bond donors (Lipinski definition) is 1. The molecule has 0 amide bonds. The predicted octanol–water partition coefficient (Wildman–Crippen LogP) is 3.21. The molecule has 0 saturated carbocycles. The zero-order chi connectivity index (χ0) is 15.1. The van der Waals surface area contributed by atoms with Gasteiger partial charge in [-0.15, -0.1) is 0 Å². The van der Waals surface area contributed by atoms with E-state index in [1.807, 2.05) is 37.3 Å². The fourth-order valence-electron chi connectivity index (χ4n) is 2.46. The second kappa shape index (κ2) is 7.70. The van der Waals surface area contributed by atoms with Crippen LogP contribution in [0.25, 0.3) is 0 Å². The first-order valence-corrected chi connectivity index (χ1v) is 7.32. The van der Waals surface area contributed by atoms with Crippen LogP contribution in [0.1, 0.15) is 18.1 Å². The molecule has 0 heterocycles. The minimum absolute atomic E-state index is 0.0539. The highest BCUT2D eigenvalue weighted by Gasteiger charge is 2.09. The van der Waals surface area contributed by atoms with Crippen LogP contribution in [0.3, 0.4) is 0 Å². The van der Waals surface area contributed by atoms with E-state index in [4.69, 9.17) is 15.2 Å². The van der Waals surface area contributed by atoms with Gasteiger partial charge in [-0.1, -0.05) is 30.3 Å². The molecule has 3 nitrogen and oxygen atoms in total. The monoisotopic (exact) mass is 285 g/mol. The van der Waals surface area contributed by atoms with Gasteiger partial charge < -0.3 is 15.2 Å². The summed E-state index contributed by atoms with van der Waals surface area (Å²) in [6.07, 6.45) is 1.61. The van der Waals surface area contributed by atoms with Crippen molar-refractivity contribution < 1.29 is 9.47 Å². The Bertz CT molecular complexity index is 569. The topological polar surface area (TPSA) is 44.5 Å². The first-order chi connectivity index (χ1) is 10.2. The van der Waals surface area contributed by atoms with E-state index in [-0.39, 0.29) is 6.04 Å². The van der Waals surface area contributed by atoms with Crippen molar-refractivity contribution in [2.45, 2.75) is 25.8 Å². The van der Waals surface area contributed by atoms with E-state index in [1.54, 1.807) is 7.11 Å². The molecule has 1 atom stereocenters. The average molecular weight is 285 g/mol. The maximum absolute atomic E-state index is 6.29. The molecule has 2 rings (SSSR count). The third-order valence-corrected chi connectivity index (χ3v) is 3.38. The van der Waals surface area contributed by atoms with Crippen LogP contribution in [0, 0.1) is 0 Å². The summed E-state index contributed by atoms with van der Waals surface area (Å²) in [7, 11) is 1.69. The third kappa shape index (κ3) is 4.50. The lowest BCUT2D eigenvalue weighted by Crippen LogP contribution is -2.25. The third-order valence-electron chi connectivity index (χ3n) is 3.38. The normalized spacial score (nSPS) is 12.0. The minimum Gasteiger partial charge on any atom is -0.496 e. The second-order valence-electron chi connectivity index (χ2n) is 5.06. The Balaban J connectivity index is 2.01. The molecule has 2 aromatic rings. The molecule has 0 aromatic heterocycles. The summed E-state index contributed by atoms with van der Waals surface area (Å²) in [6, 6.07) is 16.2. The Kier molecular flexibility index (Phi) is 5.64. The van der Waals surface area contributed by atoms with Gasteiger partial charge in [0.1, 0.15) is 11.5 Å². The number of ether oxygens (including phenoxy) is 2. The molecule has 1 unspecified atom stereocenters. The molecular formula is C18H23NO2. The Morgan fingerprint density at radius 1 is 1.05 bits per heavy atom. The van der Waals surface area contributed by atoms with E-state index in [0.717, 1.165) is 29.9 Å². The molecule has 0 aliphatic carbocycles. The zero-order valence-electron chi connectivity index (χ0n) is 12.7. The van der Waals surface area contributed by atoms with Crippen molar-refractivity contribution in [1.82, 2.24) is 0 Å². The largest absolute Gasteiger partial charge is 0.496 e. The first kappa shape index (κ1) is 15.4. The average Bonchev–Trinajstić information content (AvgIpc) is 2.48. The van der Waals surface area contributed by atoms with Crippen LogP contribution in [0.2, 0.25) is 0 Å². The lowest BCUT2D eigenvalue weighted by atomic mass is 9.99. The summed E-state index contributed by atoms with van der Waals surface area (Å²) in [4.78, 5) is 0. The van der Waals surface area contributed by atoms with Gasteiger partial charge in [0.05, 0.1) is 13.7 Å². The highest BCUT2D eigenvalue weighted by molar-refractivity contribution is 5.34. The Morgan fingerprint density at radius 3 is 2.62 bits per heavy atom. The van der Waals surface area contributed by atoms with E-state index in [2.05, 4.69) is 18.2 Å². The summed E-state index contributed by atoms with van der Waals surface area (Å²) in [6.45, 7) is 2.66. The van der Waals surface area contributed by atoms with Crippen molar-refractivity contribution in [2.24, 2.45) is 5.73 Å². The molecule has 0 saturated heterocycles. The molecule has 0 aliphatic rings. The van der Waals surface area contributed by atoms with Gasteiger partial charge in [-0.05, 0) is 49.1 Å². The SMILES string of the molecule is CCOc1cccc(CC(N)Cc2ccccc2OC)c1. The zero-order valence-corrected chi connectivity index (χ0v) is 12.7. The number of rotatable bonds is 7. The minimum atomic E-state index is 0.0539. The maximum Gasteiger partial charge on any atom is 0.122 e. The molecule has 2 N–H and O–H groups in total. The number of methoxy groups -OCH3 is 1. The number of nitrogens with two attached hydrogens (primary N) is 1. The van der Waals surface area contributed by atoms with E-state index < -0.39 is 0 Å². The first-order valence-electron chi connectivity index (χ1n) is 7.32. The molecule has 0 bridgehead atoms.